The summed E-state index contributed by atoms with van der Waals surface area (Å²) in [6.45, 7) is 0. The lowest BCUT2D eigenvalue weighted by Gasteiger charge is -2.10. The number of hydrogen-bond donors (Lipinski definition) is 1. The maximum absolute atomic E-state index is 12.3. The molecule has 4 rings (SSSR count). The van der Waals surface area contributed by atoms with Gasteiger partial charge in [-0.05, 0) is 24.3 Å². The highest BCUT2D eigenvalue weighted by Crippen LogP contribution is 2.31. The summed E-state index contributed by atoms with van der Waals surface area (Å²) >= 11 is 5.95. The van der Waals surface area contributed by atoms with Gasteiger partial charge in [0.2, 0.25) is 0 Å². The van der Waals surface area contributed by atoms with Crippen molar-refractivity contribution in [3.63, 3.8) is 0 Å². The van der Waals surface area contributed by atoms with Gasteiger partial charge in [-0.25, -0.2) is 4.98 Å². The van der Waals surface area contributed by atoms with Crippen LogP contribution in [0.4, 0.5) is 0 Å². The van der Waals surface area contributed by atoms with Crippen LogP contribution >= 0.6 is 11.6 Å². The molecular weight excluding hydrogens is 376 g/mol. The van der Waals surface area contributed by atoms with E-state index in [1.807, 2.05) is 6.07 Å². The van der Waals surface area contributed by atoms with Crippen LogP contribution in [0.1, 0.15) is 17.3 Å². The molecule has 0 spiro atoms. The molecule has 2 aromatic carbocycles. The van der Waals surface area contributed by atoms with Crippen molar-refractivity contribution in [3.8, 4) is 6.07 Å². The third-order valence-electron chi connectivity index (χ3n) is 4.02. The zero-order chi connectivity index (χ0) is 18.5. The van der Waals surface area contributed by atoms with Gasteiger partial charge in [0, 0.05) is 10.6 Å². The van der Waals surface area contributed by atoms with Crippen LogP contribution in [-0.2, 0) is 10.0 Å². The molecule has 9 heteroatoms. The van der Waals surface area contributed by atoms with Crippen LogP contribution in [0.2, 0.25) is 5.02 Å². The van der Waals surface area contributed by atoms with E-state index in [0.29, 0.717) is 21.5 Å². The van der Waals surface area contributed by atoms with Crippen LogP contribution in [-0.4, -0.2) is 24.1 Å². The quantitative estimate of drug-likeness (QED) is 0.728. The number of fused-ring (bicyclic) bond motifs is 2. The number of H-pyrrole nitrogens is 1. The Balaban J connectivity index is 1.94. The van der Waals surface area contributed by atoms with Crippen LogP contribution in [0.15, 0.2) is 56.6 Å². The molecule has 128 valence electrons. The fourth-order valence-corrected chi connectivity index (χ4v) is 4.29. The Labute approximate surface area is 152 Å². The minimum Gasteiger partial charge on any atom is -0.309 e. The Bertz CT molecular complexity index is 1310. The van der Waals surface area contributed by atoms with Crippen molar-refractivity contribution in [2.24, 2.45) is 4.40 Å². The molecule has 0 bridgehead atoms. The lowest BCUT2D eigenvalue weighted by molar-refractivity contribution is 0.599. The van der Waals surface area contributed by atoms with Crippen molar-refractivity contribution in [3.05, 3.63) is 69.2 Å². The van der Waals surface area contributed by atoms with E-state index in [4.69, 9.17) is 11.6 Å². The van der Waals surface area contributed by atoms with Gasteiger partial charge in [0.05, 0.1) is 27.6 Å². The number of halogens is 1. The lowest BCUT2D eigenvalue weighted by atomic mass is 9.97. The molecule has 2 heterocycles. The van der Waals surface area contributed by atoms with Crippen LogP contribution < -0.4 is 5.56 Å². The average Bonchev–Trinajstić information content (AvgIpc) is 2.87. The number of sulfonamides is 1. The first-order chi connectivity index (χ1) is 12.4. The van der Waals surface area contributed by atoms with E-state index in [1.165, 1.54) is 18.2 Å². The summed E-state index contributed by atoms with van der Waals surface area (Å²) in [5.74, 6) is -1.14. The highest BCUT2D eigenvalue weighted by Gasteiger charge is 2.34. The predicted octanol–water partition coefficient (Wildman–Crippen LogP) is 2.38. The van der Waals surface area contributed by atoms with Crippen LogP contribution in [0.5, 0.6) is 0 Å². The zero-order valence-corrected chi connectivity index (χ0v) is 14.5. The summed E-state index contributed by atoms with van der Waals surface area (Å²) in [4.78, 5) is 19.2. The second kappa shape index (κ2) is 5.76. The van der Waals surface area contributed by atoms with Crippen molar-refractivity contribution in [2.75, 3.05) is 0 Å². The van der Waals surface area contributed by atoms with Gasteiger partial charge in [-0.1, -0.05) is 29.8 Å². The summed E-state index contributed by atoms with van der Waals surface area (Å²) in [5, 5.41) is 10.3. The van der Waals surface area contributed by atoms with Gasteiger partial charge >= 0.3 is 0 Å². The molecule has 1 atom stereocenters. The zero-order valence-electron chi connectivity index (χ0n) is 13.0. The average molecular weight is 385 g/mol. The Morgan fingerprint density at radius 3 is 2.73 bits per heavy atom. The number of rotatable bonds is 2. The molecule has 0 amide bonds. The minimum absolute atomic E-state index is 0.0120. The molecule has 1 aliphatic rings. The second-order valence-electron chi connectivity index (χ2n) is 5.62. The van der Waals surface area contributed by atoms with E-state index >= 15 is 0 Å². The number of aromatic nitrogens is 2. The minimum atomic E-state index is -3.88. The smallest absolute Gasteiger partial charge is 0.283 e. The number of nitrogens with one attached hydrogen (secondary N) is 1. The summed E-state index contributed by atoms with van der Waals surface area (Å²) in [6.07, 6.45) is 0. The standard InChI is InChI=1S/C17H9ClN4O3S/c18-9-5-6-10-13(7-9)20-16(21-17(10)23)12(8-19)15-11-3-1-2-4-14(11)26(24,25)22-15/h1-7,12H,(H,20,21,23)/t12-/m0/s1. The van der Waals surface area contributed by atoms with Crippen molar-refractivity contribution in [2.45, 2.75) is 10.8 Å². The fraction of sp³-hybridized carbons (Fsp3) is 0.0588. The summed E-state index contributed by atoms with van der Waals surface area (Å²) in [6, 6.07) is 12.8. The van der Waals surface area contributed by atoms with Crippen molar-refractivity contribution in [1.82, 2.24) is 9.97 Å². The van der Waals surface area contributed by atoms with E-state index in [1.54, 1.807) is 24.3 Å². The maximum Gasteiger partial charge on any atom is 0.283 e. The molecule has 0 radical (unpaired) electrons. The third-order valence-corrected chi connectivity index (χ3v) is 5.61. The highest BCUT2D eigenvalue weighted by atomic mass is 35.5. The number of hydrogen-bond acceptors (Lipinski definition) is 5. The highest BCUT2D eigenvalue weighted by molar-refractivity contribution is 7.90. The number of nitrogens with zero attached hydrogens (tertiary/aromatic N) is 3. The third kappa shape index (κ3) is 2.49. The molecule has 1 N–H and O–H groups in total. The van der Waals surface area contributed by atoms with Gasteiger partial charge in [-0.3, -0.25) is 4.79 Å². The van der Waals surface area contributed by atoms with Gasteiger partial charge in [0.15, 0.2) is 0 Å². The van der Waals surface area contributed by atoms with Crippen LogP contribution in [0.25, 0.3) is 10.9 Å². The molecule has 7 nitrogen and oxygen atoms in total. The Morgan fingerprint density at radius 2 is 1.96 bits per heavy atom. The van der Waals surface area contributed by atoms with Crippen molar-refractivity contribution < 1.29 is 8.42 Å². The van der Waals surface area contributed by atoms with E-state index < -0.39 is 21.5 Å². The normalized spacial score (nSPS) is 15.9. The molecule has 0 saturated carbocycles. The topological polar surface area (TPSA) is 116 Å². The van der Waals surface area contributed by atoms with Crippen molar-refractivity contribution in [1.29, 1.82) is 5.26 Å². The summed E-state index contributed by atoms with van der Waals surface area (Å²) < 4.78 is 28.2. The number of benzene rings is 2. The largest absolute Gasteiger partial charge is 0.309 e. The first-order valence-corrected chi connectivity index (χ1v) is 9.26. The molecule has 1 aliphatic heterocycles. The van der Waals surface area contributed by atoms with E-state index in [2.05, 4.69) is 14.4 Å². The molecule has 0 saturated heterocycles. The van der Waals surface area contributed by atoms with E-state index in [-0.39, 0.29) is 16.4 Å². The molecule has 0 fully saturated rings. The first-order valence-electron chi connectivity index (χ1n) is 7.44. The monoisotopic (exact) mass is 384 g/mol. The maximum atomic E-state index is 12.3. The molecule has 3 aromatic rings. The van der Waals surface area contributed by atoms with Gasteiger partial charge in [-0.15, -0.1) is 0 Å². The number of nitriles is 1. The predicted molar refractivity (Wildman–Crippen MR) is 95.9 cm³/mol. The van der Waals surface area contributed by atoms with Gasteiger partial charge in [-0.2, -0.15) is 18.1 Å². The Morgan fingerprint density at radius 1 is 1.19 bits per heavy atom. The molecular formula is C17H9ClN4O3S. The fourth-order valence-electron chi connectivity index (χ4n) is 2.86. The molecule has 1 aromatic heterocycles. The second-order valence-corrected chi connectivity index (χ2v) is 7.63. The lowest BCUT2D eigenvalue weighted by Crippen LogP contribution is -2.19. The van der Waals surface area contributed by atoms with Crippen LogP contribution in [0, 0.1) is 11.3 Å². The van der Waals surface area contributed by atoms with Gasteiger partial charge in [0.1, 0.15) is 11.7 Å². The number of aromatic amines is 1. The summed E-state index contributed by atoms with van der Waals surface area (Å²) in [7, 11) is -3.88. The van der Waals surface area contributed by atoms with Crippen molar-refractivity contribution >= 4 is 38.2 Å². The first kappa shape index (κ1) is 16.4. The summed E-state index contributed by atoms with van der Waals surface area (Å²) in [5.41, 5.74) is 0.225. The Hall–Kier alpha value is -3.02. The SMILES string of the molecule is N#C[C@@H](C1=NS(=O)(=O)c2ccccc21)c1nc2cc(Cl)ccc2c(=O)[nH]1. The van der Waals surface area contributed by atoms with Gasteiger partial charge < -0.3 is 4.98 Å². The molecule has 26 heavy (non-hydrogen) atoms. The van der Waals surface area contributed by atoms with Gasteiger partial charge in [0.25, 0.3) is 15.6 Å². The van der Waals surface area contributed by atoms with E-state index in [0.717, 1.165) is 0 Å². The van der Waals surface area contributed by atoms with E-state index in [9.17, 15) is 18.5 Å². The molecule has 0 unspecified atom stereocenters. The Kier molecular flexibility index (Phi) is 3.64. The molecule has 0 aliphatic carbocycles. The van der Waals surface area contributed by atoms with Crippen LogP contribution in [0.3, 0.4) is 0 Å².